The SMILES string of the molecule is CCOc1cc2ccnc(Nc3ccc(C4COC4)cc3)c2cc1OCC. The van der Waals surface area contributed by atoms with Crippen LogP contribution in [0.3, 0.4) is 0 Å². The molecule has 5 nitrogen and oxygen atoms in total. The third-order valence-electron chi connectivity index (χ3n) is 4.71. The summed E-state index contributed by atoms with van der Waals surface area (Å²) in [6, 6.07) is 14.5. The Hall–Kier alpha value is -2.79. The van der Waals surface area contributed by atoms with Crippen molar-refractivity contribution in [2.24, 2.45) is 0 Å². The highest BCUT2D eigenvalue weighted by Gasteiger charge is 2.20. The van der Waals surface area contributed by atoms with Crippen molar-refractivity contribution in [3.63, 3.8) is 0 Å². The molecule has 27 heavy (non-hydrogen) atoms. The summed E-state index contributed by atoms with van der Waals surface area (Å²) in [6.45, 7) is 6.76. The summed E-state index contributed by atoms with van der Waals surface area (Å²) < 4.78 is 16.8. The third kappa shape index (κ3) is 3.69. The standard InChI is InChI=1S/C22H24N2O3/c1-3-26-20-11-16-9-10-23-22(19(16)12-21(20)27-4-2)24-18-7-5-15(6-8-18)17-13-25-14-17/h5-12,17H,3-4,13-14H2,1-2H3,(H,23,24). The highest BCUT2D eigenvalue weighted by Crippen LogP contribution is 2.36. The maximum absolute atomic E-state index is 5.77. The van der Waals surface area contributed by atoms with E-state index < -0.39 is 0 Å². The molecule has 0 radical (unpaired) electrons. The van der Waals surface area contributed by atoms with Crippen LogP contribution < -0.4 is 14.8 Å². The lowest BCUT2D eigenvalue weighted by Crippen LogP contribution is -2.24. The minimum Gasteiger partial charge on any atom is -0.490 e. The average molecular weight is 364 g/mol. The summed E-state index contributed by atoms with van der Waals surface area (Å²) in [6.07, 6.45) is 1.81. The number of anilines is 2. The predicted octanol–water partition coefficient (Wildman–Crippen LogP) is 4.89. The van der Waals surface area contributed by atoms with E-state index >= 15 is 0 Å². The van der Waals surface area contributed by atoms with Gasteiger partial charge in [0.2, 0.25) is 0 Å². The van der Waals surface area contributed by atoms with E-state index in [1.54, 1.807) is 6.20 Å². The maximum atomic E-state index is 5.77. The summed E-state index contributed by atoms with van der Waals surface area (Å²) in [5.41, 5.74) is 2.32. The number of ether oxygens (including phenoxy) is 3. The van der Waals surface area contributed by atoms with Crippen molar-refractivity contribution in [3.05, 3.63) is 54.2 Å². The van der Waals surface area contributed by atoms with Gasteiger partial charge < -0.3 is 19.5 Å². The van der Waals surface area contributed by atoms with Crippen molar-refractivity contribution >= 4 is 22.3 Å². The van der Waals surface area contributed by atoms with Crippen LogP contribution >= 0.6 is 0 Å². The molecule has 2 heterocycles. The molecule has 0 spiro atoms. The van der Waals surface area contributed by atoms with Crippen molar-refractivity contribution in [3.8, 4) is 11.5 Å². The Morgan fingerprint density at radius 1 is 1.00 bits per heavy atom. The lowest BCUT2D eigenvalue weighted by Gasteiger charge is -2.26. The minimum absolute atomic E-state index is 0.528. The second-order valence-electron chi connectivity index (χ2n) is 6.53. The Balaban J connectivity index is 1.65. The molecule has 1 saturated heterocycles. The predicted molar refractivity (Wildman–Crippen MR) is 107 cm³/mol. The van der Waals surface area contributed by atoms with Crippen molar-refractivity contribution in [1.29, 1.82) is 0 Å². The molecular weight excluding hydrogens is 340 g/mol. The van der Waals surface area contributed by atoms with Crippen LogP contribution in [0.15, 0.2) is 48.7 Å². The van der Waals surface area contributed by atoms with E-state index in [4.69, 9.17) is 14.2 Å². The van der Waals surface area contributed by atoms with Gasteiger partial charge in [-0.1, -0.05) is 12.1 Å². The van der Waals surface area contributed by atoms with E-state index in [-0.39, 0.29) is 0 Å². The normalized spacial score (nSPS) is 14.0. The van der Waals surface area contributed by atoms with Crippen LogP contribution in [0, 0.1) is 0 Å². The van der Waals surface area contributed by atoms with Crippen LogP contribution in [0.1, 0.15) is 25.3 Å². The van der Waals surface area contributed by atoms with Crippen LogP contribution in [0.2, 0.25) is 0 Å². The Morgan fingerprint density at radius 2 is 1.70 bits per heavy atom. The molecule has 2 aromatic carbocycles. The summed E-state index contributed by atoms with van der Waals surface area (Å²) in [4.78, 5) is 4.54. The maximum Gasteiger partial charge on any atom is 0.161 e. The highest BCUT2D eigenvalue weighted by molar-refractivity contribution is 5.95. The first kappa shape index (κ1) is 17.6. The molecule has 0 bridgehead atoms. The number of nitrogens with zero attached hydrogens (tertiary/aromatic N) is 1. The first-order valence-corrected chi connectivity index (χ1v) is 9.41. The monoisotopic (exact) mass is 364 g/mol. The van der Waals surface area contributed by atoms with E-state index in [1.165, 1.54) is 5.56 Å². The van der Waals surface area contributed by atoms with Crippen LogP contribution in [-0.2, 0) is 4.74 Å². The molecule has 0 aliphatic carbocycles. The number of fused-ring (bicyclic) bond motifs is 1. The Morgan fingerprint density at radius 3 is 2.33 bits per heavy atom. The molecule has 5 heteroatoms. The van der Waals surface area contributed by atoms with Gasteiger partial charge in [-0.15, -0.1) is 0 Å². The van der Waals surface area contributed by atoms with E-state index in [0.717, 1.165) is 47.0 Å². The van der Waals surface area contributed by atoms with Gasteiger partial charge in [0.15, 0.2) is 11.5 Å². The molecule has 1 aliphatic rings. The van der Waals surface area contributed by atoms with E-state index in [2.05, 4.69) is 34.6 Å². The fraction of sp³-hybridized carbons (Fsp3) is 0.318. The van der Waals surface area contributed by atoms with Gasteiger partial charge in [0.1, 0.15) is 5.82 Å². The fourth-order valence-electron chi connectivity index (χ4n) is 3.22. The molecular formula is C22H24N2O3. The van der Waals surface area contributed by atoms with E-state index in [9.17, 15) is 0 Å². The second kappa shape index (κ2) is 7.84. The van der Waals surface area contributed by atoms with Crippen LogP contribution in [-0.4, -0.2) is 31.4 Å². The zero-order valence-corrected chi connectivity index (χ0v) is 15.7. The molecule has 1 N–H and O–H groups in total. The number of benzene rings is 2. The lowest BCUT2D eigenvalue weighted by atomic mass is 9.97. The molecule has 3 aromatic rings. The Bertz CT molecular complexity index is 921. The van der Waals surface area contributed by atoms with E-state index in [0.29, 0.717) is 19.1 Å². The number of rotatable bonds is 7. The summed E-state index contributed by atoms with van der Waals surface area (Å²) >= 11 is 0. The molecule has 0 saturated carbocycles. The third-order valence-corrected chi connectivity index (χ3v) is 4.71. The highest BCUT2D eigenvalue weighted by atomic mass is 16.5. The van der Waals surface area contributed by atoms with Gasteiger partial charge >= 0.3 is 0 Å². The summed E-state index contributed by atoms with van der Waals surface area (Å²) in [5.74, 6) is 2.83. The van der Waals surface area contributed by atoms with Gasteiger partial charge in [-0.2, -0.15) is 0 Å². The van der Waals surface area contributed by atoms with Crippen molar-refractivity contribution in [2.75, 3.05) is 31.7 Å². The van der Waals surface area contributed by atoms with Crippen molar-refractivity contribution in [2.45, 2.75) is 19.8 Å². The first-order valence-electron chi connectivity index (χ1n) is 9.41. The lowest BCUT2D eigenvalue weighted by molar-refractivity contribution is 0.00843. The number of hydrogen-bond acceptors (Lipinski definition) is 5. The van der Waals surface area contributed by atoms with Gasteiger partial charge in [-0.3, -0.25) is 0 Å². The molecule has 4 rings (SSSR count). The number of hydrogen-bond donors (Lipinski definition) is 1. The minimum atomic E-state index is 0.528. The molecule has 1 aliphatic heterocycles. The topological polar surface area (TPSA) is 52.6 Å². The summed E-state index contributed by atoms with van der Waals surface area (Å²) in [5, 5.41) is 5.49. The zero-order valence-electron chi connectivity index (χ0n) is 15.7. The smallest absolute Gasteiger partial charge is 0.161 e. The Kier molecular flexibility index (Phi) is 5.12. The van der Waals surface area contributed by atoms with Crippen molar-refractivity contribution < 1.29 is 14.2 Å². The molecule has 1 fully saturated rings. The number of pyridine rings is 1. The van der Waals surface area contributed by atoms with Gasteiger partial charge in [-0.05, 0) is 55.1 Å². The largest absolute Gasteiger partial charge is 0.490 e. The number of aromatic nitrogens is 1. The van der Waals surface area contributed by atoms with Gasteiger partial charge in [0.05, 0.1) is 26.4 Å². The molecule has 0 amide bonds. The first-order chi connectivity index (χ1) is 13.3. The quantitative estimate of drug-likeness (QED) is 0.647. The molecule has 140 valence electrons. The van der Waals surface area contributed by atoms with Crippen LogP contribution in [0.25, 0.3) is 10.8 Å². The number of nitrogens with one attached hydrogen (secondary N) is 1. The Labute approximate surface area is 159 Å². The zero-order chi connectivity index (χ0) is 18.6. The van der Waals surface area contributed by atoms with Gasteiger partial charge in [0, 0.05) is 23.2 Å². The molecule has 1 aromatic heterocycles. The molecule has 0 unspecified atom stereocenters. The average Bonchev–Trinajstić information content (AvgIpc) is 2.63. The van der Waals surface area contributed by atoms with Crippen LogP contribution in [0.5, 0.6) is 11.5 Å². The van der Waals surface area contributed by atoms with E-state index in [1.807, 2.05) is 32.0 Å². The van der Waals surface area contributed by atoms with Crippen molar-refractivity contribution in [1.82, 2.24) is 4.98 Å². The summed E-state index contributed by atoms with van der Waals surface area (Å²) in [7, 11) is 0. The fourth-order valence-corrected chi connectivity index (χ4v) is 3.22. The van der Waals surface area contributed by atoms with Gasteiger partial charge in [-0.25, -0.2) is 4.98 Å². The van der Waals surface area contributed by atoms with Gasteiger partial charge in [0.25, 0.3) is 0 Å². The second-order valence-corrected chi connectivity index (χ2v) is 6.53. The van der Waals surface area contributed by atoms with Crippen LogP contribution in [0.4, 0.5) is 11.5 Å². The molecule has 0 atom stereocenters.